The fourth-order valence-electron chi connectivity index (χ4n) is 1.94. The topological polar surface area (TPSA) is 100 Å². The highest BCUT2D eigenvalue weighted by molar-refractivity contribution is 5.57. The monoisotopic (exact) mass is 282 g/mol. The van der Waals surface area contributed by atoms with Gasteiger partial charge in [0.2, 0.25) is 5.95 Å². The second-order valence-electron chi connectivity index (χ2n) is 4.80. The standard InChI is InChI=1S/C12H18N4O4/c1-15(2)7-13-12-14-10(19)3-4-16(12)11-5-8(18)9(6-17)20-11/h3-4,7-9,11,17-18H,5-6H2,1-2H3/b13-7+/t8-,9+,11+/m0/s1. The predicted octanol–water partition coefficient (Wildman–Crippen LogP) is -0.895. The van der Waals surface area contributed by atoms with E-state index in [1.807, 2.05) is 0 Å². The third kappa shape index (κ3) is 3.21. The summed E-state index contributed by atoms with van der Waals surface area (Å²) < 4.78 is 7.10. The normalized spacial score (nSPS) is 26.3. The van der Waals surface area contributed by atoms with Gasteiger partial charge in [0.05, 0.1) is 19.0 Å². The molecule has 0 aliphatic carbocycles. The largest absolute Gasteiger partial charge is 0.394 e. The molecule has 0 unspecified atom stereocenters. The molecule has 8 nitrogen and oxygen atoms in total. The number of ether oxygens (including phenoxy) is 1. The van der Waals surface area contributed by atoms with E-state index in [4.69, 9.17) is 9.84 Å². The van der Waals surface area contributed by atoms with Crippen LogP contribution in [0.4, 0.5) is 5.95 Å². The van der Waals surface area contributed by atoms with Gasteiger partial charge in [0.25, 0.3) is 5.56 Å². The van der Waals surface area contributed by atoms with E-state index in [0.717, 1.165) is 0 Å². The number of nitrogens with zero attached hydrogens (tertiary/aromatic N) is 4. The van der Waals surface area contributed by atoms with Crippen molar-refractivity contribution in [2.45, 2.75) is 24.9 Å². The van der Waals surface area contributed by atoms with Gasteiger partial charge in [-0.2, -0.15) is 4.98 Å². The zero-order valence-electron chi connectivity index (χ0n) is 11.4. The average molecular weight is 282 g/mol. The third-order valence-electron chi connectivity index (χ3n) is 2.92. The summed E-state index contributed by atoms with van der Waals surface area (Å²) in [6.45, 7) is -0.262. The molecular weight excluding hydrogens is 264 g/mol. The molecule has 0 saturated carbocycles. The minimum atomic E-state index is -0.755. The van der Waals surface area contributed by atoms with E-state index < -0.39 is 24.0 Å². The van der Waals surface area contributed by atoms with Gasteiger partial charge < -0.3 is 19.8 Å². The minimum Gasteiger partial charge on any atom is -0.394 e. The lowest BCUT2D eigenvalue weighted by Crippen LogP contribution is -2.24. The summed E-state index contributed by atoms with van der Waals surface area (Å²) in [7, 11) is 3.60. The molecule has 0 amide bonds. The maximum Gasteiger partial charge on any atom is 0.274 e. The number of hydrogen-bond donors (Lipinski definition) is 2. The zero-order chi connectivity index (χ0) is 14.7. The fraction of sp³-hybridized carbons (Fsp3) is 0.583. The molecule has 110 valence electrons. The molecule has 1 aliphatic heterocycles. The van der Waals surface area contributed by atoms with Crippen LogP contribution in [0.2, 0.25) is 0 Å². The molecular formula is C12H18N4O4. The van der Waals surface area contributed by atoms with Crippen molar-refractivity contribution >= 4 is 12.3 Å². The van der Waals surface area contributed by atoms with Crippen LogP contribution in [0.1, 0.15) is 12.6 Å². The van der Waals surface area contributed by atoms with Crippen molar-refractivity contribution in [3.05, 3.63) is 22.6 Å². The van der Waals surface area contributed by atoms with Gasteiger partial charge in [0, 0.05) is 32.8 Å². The first kappa shape index (κ1) is 14.6. The van der Waals surface area contributed by atoms with Crippen molar-refractivity contribution in [3.63, 3.8) is 0 Å². The Balaban J connectivity index is 2.30. The number of aliphatic hydroxyl groups excluding tert-OH is 2. The fourth-order valence-corrected chi connectivity index (χ4v) is 1.94. The van der Waals surface area contributed by atoms with Gasteiger partial charge in [-0.1, -0.05) is 0 Å². The highest BCUT2D eigenvalue weighted by atomic mass is 16.5. The summed E-state index contributed by atoms with van der Waals surface area (Å²) in [5.74, 6) is 0.196. The molecule has 2 rings (SSSR count). The lowest BCUT2D eigenvalue weighted by atomic mass is 10.2. The highest BCUT2D eigenvalue weighted by Gasteiger charge is 2.35. The number of hydrogen-bond acceptors (Lipinski definition) is 6. The van der Waals surface area contributed by atoms with Crippen LogP contribution in [0.5, 0.6) is 0 Å². The predicted molar refractivity (Wildman–Crippen MR) is 72.0 cm³/mol. The van der Waals surface area contributed by atoms with Gasteiger partial charge in [0.15, 0.2) is 0 Å². The summed E-state index contributed by atoms with van der Waals surface area (Å²) in [5.41, 5.74) is -0.399. The molecule has 3 atom stereocenters. The van der Waals surface area contributed by atoms with Crippen LogP contribution in [-0.2, 0) is 4.74 Å². The van der Waals surface area contributed by atoms with Gasteiger partial charge in [-0.25, -0.2) is 4.99 Å². The SMILES string of the molecule is CN(C)/C=N/c1nc(=O)ccn1[C@H]1C[C@H](O)[C@@H](CO)O1. The molecule has 1 fully saturated rings. The van der Waals surface area contributed by atoms with Crippen LogP contribution in [0.25, 0.3) is 0 Å². The lowest BCUT2D eigenvalue weighted by Gasteiger charge is -2.17. The smallest absolute Gasteiger partial charge is 0.274 e. The Hall–Kier alpha value is -1.77. The van der Waals surface area contributed by atoms with Crippen LogP contribution in [0.3, 0.4) is 0 Å². The first-order chi connectivity index (χ1) is 9.51. The van der Waals surface area contributed by atoms with Crippen LogP contribution in [-0.4, -0.2) is 63.9 Å². The van der Waals surface area contributed by atoms with Crippen molar-refractivity contribution in [3.8, 4) is 0 Å². The molecule has 20 heavy (non-hydrogen) atoms. The van der Waals surface area contributed by atoms with E-state index >= 15 is 0 Å². The van der Waals surface area contributed by atoms with E-state index in [2.05, 4.69) is 9.98 Å². The molecule has 1 aromatic heterocycles. The van der Waals surface area contributed by atoms with E-state index in [1.54, 1.807) is 23.6 Å². The Kier molecular flexibility index (Phi) is 4.48. The van der Waals surface area contributed by atoms with Gasteiger partial charge in [0.1, 0.15) is 12.3 Å². The second-order valence-corrected chi connectivity index (χ2v) is 4.80. The molecule has 0 bridgehead atoms. The summed E-state index contributed by atoms with van der Waals surface area (Å²) in [6.07, 6.45) is 1.45. The Labute approximate surface area is 116 Å². The first-order valence-electron chi connectivity index (χ1n) is 6.25. The van der Waals surface area contributed by atoms with E-state index in [1.165, 1.54) is 18.6 Å². The Morgan fingerprint density at radius 2 is 2.40 bits per heavy atom. The van der Waals surface area contributed by atoms with E-state index in [-0.39, 0.29) is 12.6 Å². The van der Waals surface area contributed by atoms with Gasteiger partial charge in [-0.05, 0) is 0 Å². The van der Waals surface area contributed by atoms with Crippen molar-refractivity contribution in [2.24, 2.45) is 4.99 Å². The number of rotatable bonds is 4. The van der Waals surface area contributed by atoms with Crippen LogP contribution in [0.15, 0.2) is 22.1 Å². The highest BCUT2D eigenvalue weighted by Crippen LogP contribution is 2.30. The maximum atomic E-state index is 11.3. The summed E-state index contributed by atoms with van der Waals surface area (Å²) >= 11 is 0. The van der Waals surface area contributed by atoms with Crippen LogP contribution < -0.4 is 5.56 Å². The number of aliphatic imine (C=N–C) groups is 1. The van der Waals surface area contributed by atoms with Crippen molar-refractivity contribution in [1.82, 2.24) is 14.5 Å². The third-order valence-corrected chi connectivity index (χ3v) is 2.92. The molecule has 2 N–H and O–H groups in total. The van der Waals surface area contributed by atoms with Gasteiger partial charge in [-0.3, -0.25) is 9.36 Å². The van der Waals surface area contributed by atoms with Crippen molar-refractivity contribution in [2.75, 3.05) is 20.7 Å². The number of aliphatic hydroxyl groups is 2. The summed E-state index contributed by atoms with van der Waals surface area (Å²) in [5, 5.41) is 18.9. The zero-order valence-corrected chi connectivity index (χ0v) is 11.4. The molecule has 0 radical (unpaired) electrons. The van der Waals surface area contributed by atoms with Gasteiger partial charge in [-0.15, -0.1) is 0 Å². The molecule has 2 heterocycles. The lowest BCUT2D eigenvalue weighted by molar-refractivity contribution is -0.0441. The van der Waals surface area contributed by atoms with E-state index in [0.29, 0.717) is 6.42 Å². The Morgan fingerprint density at radius 3 is 3.00 bits per heavy atom. The second kappa shape index (κ2) is 6.12. The molecule has 0 spiro atoms. The average Bonchev–Trinajstić information content (AvgIpc) is 2.77. The molecule has 8 heteroatoms. The number of aromatic nitrogens is 2. The Bertz CT molecular complexity index is 543. The molecule has 1 aliphatic rings. The summed E-state index contributed by atoms with van der Waals surface area (Å²) in [6, 6.07) is 1.30. The quantitative estimate of drug-likeness (QED) is 0.548. The Morgan fingerprint density at radius 1 is 1.65 bits per heavy atom. The molecule has 1 aromatic rings. The molecule has 0 aromatic carbocycles. The first-order valence-corrected chi connectivity index (χ1v) is 6.25. The van der Waals surface area contributed by atoms with Crippen LogP contribution in [0, 0.1) is 0 Å². The van der Waals surface area contributed by atoms with E-state index in [9.17, 15) is 9.90 Å². The van der Waals surface area contributed by atoms with Gasteiger partial charge >= 0.3 is 0 Å². The summed E-state index contributed by atoms with van der Waals surface area (Å²) in [4.78, 5) is 21.0. The van der Waals surface area contributed by atoms with Crippen LogP contribution >= 0.6 is 0 Å². The van der Waals surface area contributed by atoms with Crippen molar-refractivity contribution < 1.29 is 14.9 Å². The molecule has 1 saturated heterocycles. The van der Waals surface area contributed by atoms with Crippen molar-refractivity contribution in [1.29, 1.82) is 0 Å². The maximum absolute atomic E-state index is 11.3. The minimum absolute atomic E-state index is 0.196.